The van der Waals surface area contributed by atoms with E-state index in [0.717, 1.165) is 0 Å². The Labute approximate surface area is 111 Å². The van der Waals surface area contributed by atoms with Crippen molar-refractivity contribution in [2.75, 3.05) is 18.0 Å². The highest BCUT2D eigenvalue weighted by Gasteiger charge is 2.37. The standard InChI is InChI=1S/C12H16N2O4S/c1-2-14-8-9(7-12(15)13-16)19(17,18)11-6-4-3-5-10(11)14/h3-6,9,16H,2,7-8H2,1H3,(H,13,15). The zero-order valence-corrected chi connectivity index (χ0v) is 11.4. The summed E-state index contributed by atoms with van der Waals surface area (Å²) in [6, 6.07) is 6.77. The first-order valence-corrected chi connectivity index (χ1v) is 7.56. The van der Waals surface area contributed by atoms with Gasteiger partial charge in [-0.25, -0.2) is 13.9 Å². The second-order valence-electron chi connectivity index (χ2n) is 4.41. The summed E-state index contributed by atoms with van der Waals surface area (Å²) in [6.07, 6.45) is -0.246. The number of carbonyl (C=O) groups excluding carboxylic acids is 1. The van der Waals surface area contributed by atoms with Crippen molar-refractivity contribution in [2.24, 2.45) is 0 Å². The smallest absolute Gasteiger partial charge is 0.244 e. The van der Waals surface area contributed by atoms with Crippen LogP contribution in [0, 0.1) is 0 Å². The maximum Gasteiger partial charge on any atom is 0.244 e. The number of nitrogens with one attached hydrogen (secondary N) is 1. The van der Waals surface area contributed by atoms with Gasteiger partial charge >= 0.3 is 0 Å². The SMILES string of the molecule is CCN1CC(CC(=O)NO)S(=O)(=O)c2ccccc21. The number of hydrogen-bond donors (Lipinski definition) is 2. The first-order chi connectivity index (χ1) is 9.00. The molecule has 0 fully saturated rings. The van der Waals surface area contributed by atoms with E-state index in [4.69, 9.17) is 5.21 Å². The predicted molar refractivity (Wildman–Crippen MR) is 69.8 cm³/mol. The van der Waals surface area contributed by atoms with E-state index in [9.17, 15) is 13.2 Å². The largest absolute Gasteiger partial charge is 0.369 e. The highest BCUT2D eigenvalue weighted by molar-refractivity contribution is 7.92. The minimum absolute atomic E-state index is 0.246. The first kappa shape index (κ1) is 13.8. The fourth-order valence-corrected chi connectivity index (χ4v) is 4.17. The van der Waals surface area contributed by atoms with Crippen LogP contribution >= 0.6 is 0 Å². The van der Waals surface area contributed by atoms with Crippen molar-refractivity contribution in [2.45, 2.75) is 23.5 Å². The van der Waals surface area contributed by atoms with Crippen LogP contribution in [0.2, 0.25) is 0 Å². The molecule has 104 valence electrons. The fraction of sp³-hybridized carbons (Fsp3) is 0.417. The number of fused-ring (bicyclic) bond motifs is 1. The van der Waals surface area contributed by atoms with Crippen LogP contribution in [0.1, 0.15) is 13.3 Å². The molecule has 1 atom stereocenters. The van der Waals surface area contributed by atoms with Crippen LogP contribution in [-0.2, 0) is 14.6 Å². The summed E-state index contributed by atoms with van der Waals surface area (Å²) in [6.45, 7) is 2.84. The summed E-state index contributed by atoms with van der Waals surface area (Å²) in [4.78, 5) is 13.4. The first-order valence-electron chi connectivity index (χ1n) is 6.01. The van der Waals surface area contributed by atoms with Crippen LogP contribution in [0.15, 0.2) is 29.2 Å². The second kappa shape index (κ2) is 5.18. The van der Waals surface area contributed by atoms with E-state index in [2.05, 4.69) is 0 Å². The average Bonchev–Trinajstić information content (AvgIpc) is 2.42. The number of hydrogen-bond acceptors (Lipinski definition) is 5. The van der Waals surface area contributed by atoms with E-state index in [1.165, 1.54) is 5.48 Å². The van der Waals surface area contributed by atoms with E-state index in [0.29, 0.717) is 12.2 Å². The molecule has 19 heavy (non-hydrogen) atoms. The van der Waals surface area contributed by atoms with Crippen LogP contribution < -0.4 is 10.4 Å². The molecule has 1 aromatic rings. The highest BCUT2D eigenvalue weighted by atomic mass is 32.2. The third kappa shape index (κ3) is 2.43. The maximum absolute atomic E-state index is 12.4. The van der Waals surface area contributed by atoms with Gasteiger partial charge in [-0.05, 0) is 19.1 Å². The van der Waals surface area contributed by atoms with Crippen molar-refractivity contribution in [1.29, 1.82) is 0 Å². The Morgan fingerprint density at radius 1 is 1.47 bits per heavy atom. The molecule has 1 heterocycles. The van der Waals surface area contributed by atoms with Crippen LogP contribution in [0.25, 0.3) is 0 Å². The molecule has 1 aliphatic heterocycles. The maximum atomic E-state index is 12.4. The van der Waals surface area contributed by atoms with Crippen molar-refractivity contribution < 1.29 is 18.4 Å². The lowest BCUT2D eigenvalue weighted by molar-refractivity contribution is -0.129. The van der Waals surface area contributed by atoms with E-state index in [1.54, 1.807) is 24.3 Å². The lowest BCUT2D eigenvalue weighted by Gasteiger charge is -2.34. The molecule has 2 N–H and O–H groups in total. The normalized spacial score (nSPS) is 20.7. The van der Waals surface area contributed by atoms with Crippen LogP contribution in [0.4, 0.5) is 5.69 Å². The van der Waals surface area contributed by atoms with Gasteiger partial charge in [0.2, 0.25) is 5.91 Å². The number of amides is 1. The van der Waals surface area contributed by atoms with Crippen LogP contribution in [0.3, 0.4) is 0 Å². The molecule has 1 aliphatic rings. The Balaban J connectivity index is 2.44. The van der Waals surface area contributed by atoms with Crippen LogP contribution in [-0.4, -0.2) is 37.9 Å². The predicted octanol–water partition coefficient (Wildman–Crippen LogP) is 0.564. The Hall–Kier alpha value is -1.60. The summed E-state index contributed by atoms with van der Waals surface area (Å²) in [5, 5.41) is 7.71. The van der Waals surface area contributed by atoms with E-state index in [-0.39, 0.29) is 17.9 Å². The summed E-state index contributed by atoms with van der Waals surface area (Å²) in [5.41, 5.74) is 2.16. The van der Waals surface area contributed by atoms with Crippen LogP contribution in [0.5, 0.6) is 0 Å². The number of rotatable bonds is 3. The summed E-state index contributed by atoms with van der Waals surface area (Å²) in [7, 11) is -3.54. The lowest BCUT2D eigenvalue weighted by atomic mass is 10.2. The van der Waals surface area contributed by atoms with E-state index >= 15 is 0 Å². The number of hydroxylamine groups is 1. The second-order valence-corrected chi connectivity index (χ2v) is 6.61. The van der Waals surface area contributed by atoms with Crippen molar-refractivity contribution in [3.05, 3.63) is 24.3 Å². The Bertz CT molecular complexity index is 585. The van der Waals surface area contributed by atoms with E-state index < -0.39 is 21.0 Å². The van der Waals surface area contributed by atoms with Crippen molar-refractivity contribution in [3.63, 3.8) is 0 Å². The molecule has 1 unspecified atom stereocenters. The van der Waals surface area contributed by atoms with Crippen molar-refractivity contribution in [1.82, 2.24) is 5.48 Å². The molecule has 7 heteroatoms. The Morgan fingerprint density at radius 2 is 2.16 bits per heavy atom. The van der Waals surface area contributed by atoms with Gasteiger partial charge in [-0.15, -0.1) is 0 Å². The molecule has 0 radical (unpaired) electrons. The van der Waals surface area contributed by atoms with Gasteiger partial charge in [-0.3, -0.25) is 10.0 Å². The number of nitrogens with zero attached hydrogens (tertiary/aromatic N) is 1. The van der Waals surface area contributed by atoms with Gasteiger partial charge in [0.1, 0.15) is 0 Å². The molecule has 2 rings (SSSR count). The Morgan fingerprint density at radius 3 is 2.79 bits per heavy atom. The summed E-state index contributed by atoms with van der Waals surface area (Å²) < 4.78 is 24.9. The molecule has 0 aromatic heterocycles. The van der Waals surface area contributed by atoms with Crippen molar-refractivity contribution in [3.8, 4) is 0 Å². The quantitative estimate of drug-likeness (QED) is 0.626. The molecule has 0 saturated carbocycles. The van der Waals surface area contributed by atoms with Gasteiger partial charge in [0, 0.05) is 19.5 Å². The minimum atomic E-state index is -3.54. The molecular weight excluding hydrogens is 268 g/mol. The average molecular weight is 284 g/mol. The molecule has 1 aromatic carbocycles. The van der Waals surface area contributed by atoms with Gasteiger partial charge in [-0.1, -0.05) is 12.1 Å². The fourth-order valence-electron chi connectivity index (χ4n) is 2.31. The van der Waals surface area contributed by atoms with E-state index in [1.807, 2.05) is 11.8 Å². The van der Waals surface area contributed by atoms with Crippen molar-refractivity contribution >= 4 is 21.4 Å². The number of para-hydroxylation sites is 1. The van der Waals surface area contributed by atoms with Gasteiger partial charge in [-0.2, -0.15) is 0 Å². The summed E-state index contributed by atoms with van der Waals surface area (Å²) in [5.74, 6) is -0.691. The zero-order valence-electron chi connectivity index (χ0n) is 10.5. The van der Waals surface area contributed by atoms with Gasteiger partial charge in [0.05, 0.1) is 15.8 Å². The topological polar surface area (TPSA) is 86.7 Å². The molecule has 0 spiro atoms. The minimum Gasteiger partial charge on any atom is -0.369 e. The molecule has 0 saturated heterocycles. The molecular formula is C12H16N2O4S. The van der Waals surface area contributed by atoms with Gasteiger partial charge in [0.25, 0.3) is 0 Å². The molecule has 6 nitrogen and oxygen atoms in total. The number of anilines is 1. The molecule has 1 amide bonds. The highest BCUT2D eigenvalue weighted by Crippen LogP contribution is 2.34. The number of carbonyl (C=O) groups is 1. The van der Waals surface area contributed by atoms with Gasteiger partial charge < -0.3 is 4.90 Å². The molecule has 0 bridgehead atoms. The number of sulfone groups is 1. The third-order valence-electron chi connectivity index (χ3n) is 3.29. The summed E-state index contributed by atoms with van der Waals surface area (Å²) >= 11 is 0. The molecule has 0 aliphatic carbocycles. The number of benzene rings is 1. The monoisotopic (exact) mass is 284 g/mol. The zero-order chi connectivity index (χ0) is 14.0. The third-order valence-corrected chi connectivity index (χ3v) is 5.45. The van der Waals surface area contributed by atoms with Gasteiger partial charge in [0.15, 0.2) is 9.84 Å². The lowest BCUT2D eigenvalue weighted by Crippen LogP contribution is -2.44. The Kier molecular flexibility index (Phi) is 3.77.